The number of carbonyl (C=O) groups excluding carboxylic acids is 1. The van der Waals surface area contributed by atoms with Crippen molar-refractivity contribution in [3.63, 3.8) is 0 Å². The summed E-state index contributed by atoms with van der Waals surface area (Å²) in [6.07, 6.45) is -0.815. The Balaban J connectivity index is 2.22. The number of anilines is 2. The van der Waals surface area contributed by atoms with Crippen molar-refractivity contribution in [2.24, 2.45) is 5.14 Å². The van der Waals surface area contributed by atoms with Crippen LogP contribution in [0.15, 0.2) is 47.4 Å². The number of ether oxygens (including phenoxy) is 1. The predicted octanol–water partition coefficient (Wildman–Crippen LogP) is 2.46. The highest BCUT2D eigenvalue weighted by atomic mass is 35.5. The first-order valence-electron chi connectivity index (χ1n) is 7.65. The van der Waals surface area contributed by atoms with Crippen LogP contribution < -0.4 is 20.1 Å². The molecule has 0 saturated heterocycles. The summed E-state index contributed by atoms with van der Waals surface area (Å²) < 4.78 is 28.7. The molecule has 0 heterocycles. The summed E-state index contributed by atoms with van der Waals surface area (Å²) in [6.45, 7) is 1.59. The average Bonchev–Trinajstić information content (AvgIpc) is 2.55. The van der Waals surface area contributed by atoms with Crippen LogP contribution in [-0.2, 0) is 14.8 Å². The maximum absolute atomic E-state index is 12.5. The van der Waals surface area contributed by atoms with Gasteiger partial charge >= 0.3 is 0 Å². The summed E-state index contributed by atoms with van der Waals surface area (Å²) in [5, 5.41) is 8.41. The van der Waals surface area contributed by atoms with Gasteiger partial charge in [-0.2, -0.15) is 0 Å². The summed E-state index contributed by atoms with van der Waals surface area (Å²) in [5.74, 6) is 0.0535. The van der Waals surface area contributed by atoms with E-state index < -0.39 is 22.0 Å². The van der Waals surface area contributed by atoms with E-state index in [1.54, 1.807) is 56.3 Å². The van der Waals surface area contributed by atoms with Crippen LogP contribution in [0.4, 0.5) is 11.4 Å². The topological polar surface area (TPSA) is 102 Å². The van der Waals surface area contributed by atoms with E-state index >= 15 is 0 Å². The lowest BCUT2D eigenvalue weighted by Crippen LogP contribution is -2.31. The molecule has 7 nitrogen and oxygen atoms in total. The van der Waals surface area contributed by atoms with E-state index in [2.05, 4.69) is 5.32 Å². The summed E-state index contributed by atoms with van der Waals surface area (Å²) in [6, 6.07) is 10.9. The van der Waals surface area contributed by atoms with Crippen LogP contribution >= 0.6 is 11.6 Å². The largest absolute Gasteiger partial charge is 0.481 e. The molecule has 2 rings (SSSR count). The zero-order valence-corrected chi connectivity index (χ0v) is 16.1. The second-order valence-electron chi connectivity index (χ2n) is 5.82. The van der Waals surface area contributed by atoms with Gasteiger partial charge in [0.2, 0.25) is 10.0 Å². The third kappa shape index (κ3) is 5.10. The molecule has 0 aliphatic carbocycles. The molecule has 140 valence electrons. The van der Waals surface area contributed by atoms with Crippen molar-refractivity contribution < 1.29 is 17.9 Å². The molecule has 0 spiro atoms. The van der Waals surface area contributed by atoms with E-state index in [0.29, 0.717) is 22.1 Å². The number of hydrogen-bond acceptors (Lipinski definition) is 5. The molecule has 0 radical (unpaired) electrons. The number of benzene rings is 2. The number of halogens is 1. The van der Waals surface area contributed by atoms with Crippen LogP contribution in [-0.4, -0.2) is 34.5 Å². The zero-order valence-electron chi connectivity index (χ0n) is 14.6. The van der Waals surface area contributed by atoms with Crippen molar-refractivity contribution in [2.45, 2.75) is 17.9 Å². The molecule has 0 aromatic heterocycles. The fourth-order valence-electron chi connectivity index (χ4n) is 2.19. The minimum atomic E-state index is -3.89. The van der Waals surface area contributed by atoms with E-state index in [1.165, 1.54) is 12.1 Å². The van der Waals surface area contributed by atoms with Crippen LogP contribution in [0.2, 0.25) is 5.02 Å². The third-order valence-corrected chi connectivity index (χ3v) is 4.69. The summed E-state index contributed by atoms with van der Waals surface area (Å²) >= 11 is 5.82. The Bertz CT molecular complexity index is 899. The first kappa shape index (κ1) is 20.0. The van der Waals surface area contributed by atoms with Crippen LogP contribution in [0.1, 0.15) is 6.92 Å². The maximum Gasteiger partial charge on any atom is 0.265 e. The number of primary sulfonamides is 1. The molecule has 1 amide bonds. The molecule has 0 bridgehead atoms. The van der Waals surface area contributed by atoms with Crippen LogP contribution in [0.3, 0.4) is 0 Å². The molecule has 0 aliphatic heterocycles. The molecular weight excluding hydrogens is 378 g/mol. The molecule has 0 fully saturated rings. The number of nitrogens with zero attached hydrogens (tertiary/aromatic N) is 1. The van der Waals surface area contributed by atoms with Gasteiger partial charge in [-0.25, -0.2) is 13.6 Å². The molecular formula is C17H20ClN3O4S. The van der Waals surface area contributed by atoms with Gasteiger partial charge in [0.05, 0.1) is 16.3 Å². The lowest BCUT2D eigenvalue weighted by atomic mass is 10.2. The summed E-state index contributed by atoms with van der Waals surface area (Å²) in [7, 11) is -0.344. The van der Waals surface area contributed by atoms with Crippen molar-refractivity contribution in [1.82, 2.24) is 0 Å². The van der Waals surface area contributed by atoms with E-state index in [4.69, 9.17) is 21.5 Å². The molecule has 9 heteroatoms. The van der Waals surface area contributed by atoms with Crippen molar-refractivity contribution in [3.05, 3.63) is 47.5 Å². The summed E-state index contributed by atoms with van der Waals surface area (Å²) in [5.41, 5.74) is 0.947. The first-order chi connectivity index (χ1) is 12.1. The Kier molecular flexibility index (Phi) is 6.12. The SMILES string of the molecule is CC(Oc1ccc(Cl)cc1)C(=O)Nc1cc(S(N)(=O)=O)ccc1N(C)C. The fourth-order valence-corrected chi connectivity index (χ4v) is 2.85. The third-order valence-electron chi connectivity index (χ3n) is 3.53. The maximum atomic E-state index is 12.5. The van der Waals surface area contributed by atoms with E-state index in [-0.39, 0.29) is 4.90 Å². The molecule has 26 heavy (non-hydrogen) atoms. The highest BCUT2D eigenvalue weighted by molar-refractivity contribution is 7.89. The number of hydrogen-bond donors (Lipinski definition) is 2. The molecule has 1 unspecified atom stereocenters. The molecule has 0 aliphatic rings. The number of nitrogens with two attached hydrogens (primary N) is 1. The van der Waals surface area contributed by atoms with Crippen molar-refractivity contribution >= 4 is 38.9 Å². The minimum absolute atomic E-state index is 0.0929. The monoisotopic (exact) mass is 397 g/mol. The Morgan fingerprint density at radius 3 is 2.35 bits per heavy atom. The second kappa shape index (κ2) is 7.94. The lowest BCUT2D eigenvalue weighted by molar-refractivity contribution is -0.122. The van der Waals surface area contributed by atoms with E-state index in [0.717, 1.165) is 0 Å². The van der Waals surface area contributed by atoms with Gasteiger partial charge in [0.25, 0.3) is 5.91 Å². The predicted molar refractivity (Wildman–Crippen MR) is 102 cm³/mol. The lowest BCUT2D eigenvalue weighted by Gasteiger charge is -2.20. The molecule has 2 aromatic rings. The van der Waals surface area contributed by atoms with Crippen LogP contribution in [0.5, 0.6) is 5.75 Å². The Hall–Kier alpha value is -2.29. The average molecular weight is 398 g/mol. The van der Waals surface area contributed by atoms with Gasteiger partial charge in [-0.3, -0.25) is 4.79 Å². The number of carbonyl (C=O) groups is 1. The Morgan fingerprint density at radius 2 is 1.81 bits per heavy atom. The van der Waals surface area contributed by atoms with Crippen LogP contribution in [0.25, 0.3) is 0 Å². The number of amides is 1. The smallest absolute Gasteiger partial charge is 0.265 e. The number of nitrogens with one attached hydrogen (secondary N) is 1. The highest BCUT2D eigenvalue weighted by Crippen LogP contribution is 2.27. The number of rotatable bonds is 6. The van der Waals surface area contributed by atoms with Gasteiger partial charge in [0, 0.05) is 19.1 Å². The molecule has 2 aromatic carbocycles. The van der Waals surface area contributed by atoms with Gasteiger partial charge in [0.15, 0.2) is 6.10 Å². The second-order valence-corrected chi connectivity index (χ2v) is 7.82. The Morgan fingerprint density at radius 1 is 1.19 bits per heavy atom. The quantitative estimate of drug-likeness (QED) is 0.779. The van der Waals surface area contributed by atoms with Gasteiger partial charge in [-0.15, -0.1) is 0 Å². The van der Waals surface area contributed by atoms with Gasteiger partial charge in [0.1, 0.15) is 5.75 Å². The fraction of sp³-hybridized carbons (Fsp3) is 0.235. The van der Waals surface area contributed by atoms with Crippen molar-refractivity contribution in [3.8, 4) is 5.75 Å². The molecule has 3 N–H and O–H groups in total. The normalized spacial score (nSPS) is 12.3. The molecule has 0 saturated carbocycles. The van der Waals surface area contributed by atoms with Gasteiger partial charge in [-0.05, 0) is 49.4 Å². The Labute approximate surface area is 157 Å². The zero-order chi connectivity index (χ0) is 19.5. The summed E-state index contributed by atoms with van der Waals surface area (Å²) in [4.78, 5) is 14.1. The van der Waals surface area contributed by atoms with E-state index in [9.17, 15) is 13.2 Å². The number of sulfonamides is 1. The van der Waals surface area contributed by atoms with E-state index in [1.807, 2.05) is 0 Å². The van der Waals surface area contributed by atoms with Crippen LogP contribution in [0, 0.1) is 0 Å². The van der Waals surface area contributed by atoms with Crippen molar-refractivity contribution in [1.29, 1.82) is 0 Å². The first-order valence-corrected chi connectivity index (χ1v) is 9.57. The van der Waals surface area contributed by atoms with Gasteiger partial charge < -0.3 is 15.0 Å². The standard InChI is InChI=1S/C17H20ClN3O4S/c1-11(25-13-6-4-12(18)5-7-13)17(22)20-15-10-14(26(19,23)24)8-9-16(15)21(2)3/h4-11H,1-3H3,(H,20,22)(H2,19,23,24). The van der Waals surface area contributed by atoms with Crippen molar-refractivity contribution in [2.75, 3.05) is 24.3 Å². The minimum Gasteiger partial charge on any atom is -0.481 e. The highest BCUT2D eigenvalue weighted by Gasteiger charge is 2.19. The van der Waals surface area contributed by atoms with Gasteiger partial charge in [-0.1, -0.05) is 11.6 Å². The molecule has 1 atom stereocenters.